The van der Waals surface area contributed by atoms with Crippen LogP contribution in [0, 0.1) is 11.8 Å². The SMILES string of the molecule is C1CC2C(C1)C2c1nc(C2CNCCO2)no1. The van der Waals surface area contributed by atoms with Crippen LogP contribution in [0.15, 0.2) is 4.52 Å². The molecule has 1 aromatic rings. The summed E-state index contributed by atoms with van der Waals surface area (Å²) in [5.41, 5.74) is 0. The van der Waals surface area contributed by atoms with Gasteiger partial charge in [-0.3, -0.25) is 0 Å². The van der Waals surface area contributed by atoms with Gasteiger partial charge >= 0.3 is 0 Å². The molecule has 0 spiro atoms. The Kier molecular flexibility index (Phi) is 2.23. The fraction of sp³-hybridized carbons (Fsp3) is 0.833. The number of aromatic nitrogens is 2. The van der Waals surface area contributed by atoms with E-state index in [0.29, 0.717) is 5.92 Å². The first-order chi connectivity index (χ1) is 8.43. The average molecular weight is 235 g/mol. The predicted octanol–water partition coefficient (Wildman–Crippen LogP) is 1.24. The summed E-state index contributed by atoms with van der Waals surface area (Å²) < 4.78 is 11.0. The monoisotopic (exact) mass is 235 g/mol. The number of rotatable bonds is 2. The van der Waals surface area contributed by atoms with Crippen molar-refractivity contribution in [3.05, 3.63) is 11.7 Å². The van der Waals surface area contributed by atoms with Crippen molar-refractivity contribution in [2.45, 2.75) is 31.3 Å². The molecule has 17 heavy (non-hydrogen) atoms. The van der Waals surface area contributed by atoms with Crippen molar-refractivity contribution in [1.29, 1.82) is 0 Å². The Morgan fingerprint density at radius 3 is 2.88 bits per heavy atom. The third-order valence-electron chi connectivity index (χ3n) is 4.36. The summed E-state index contributed by atoms with van der Waals surface area (Å²) in [5.74, 6) is 3.78. The highest BCUT2D eigenvalue weighted by Gasteiger charge is 2.56. The Bertz CT molecular complexity index is 387. The maximum Gasteiger partial charge on any atom is 0.230 e. The third-order valence-corrected chi connectivity index (χ3v) is 4.36. The highest BCUT2D eigenvalue weighted by atomic mass is 16.5. The van der Waals surface area contributed by atoms with Crippen LogP contribution < -0.4 is 5.32 Å². The molecule has 1 saturated heterocycles. The van der Waals surface area contributed by atoms with Crippen LogP contribution >= 0.6 is 0 Å². The number of hydrogen-bond acceptors (Lipinski definition) is 5. The molecular formula is C12H17N3O2. The molecular weight excluding hydrogens is 218 g/mol. The number of hydrogen-bond donors (Lipinski definition) is 1. The summed E-state index contributed by atoms with van der Waals surface area (Å²) in [6.07, 6.45) is 4.03. The Hall–Kier alpha value is -0.940. The number of nitrogens with zero attached hydrogens (tertiary/aromatic N) is 2. The van der Waals surface area contributed by atoms with Crippen LogP contribution in [-0.2, 0) is 4.74 Å². The molecule has 5 heteroatoms. The summed E-state index contributed by atoms with van der Waals surface area (Å²) in [5, 5.41) is 7.36. The van der Waals surface area contributed by atoms with E-state index < -0.39 is 0 Å². The molecule has 1 aliphatic heterocycles. The Labute approximate surface area is 99.9 Å². The highest BCUT2D eigenvalue weighted by Crippen LogP contribution is 2.62. The van der Waals surface area contributed by atoms with E-state index in [1.165, 1.54) is 19.3 Å². The first-order valence-corrected chi connectivity index (χ1v) is 6.59. The van der Waals surface area contributed by atoms with Gasteiger partial charge in [0, 0.05) is 19.0 Å². The molecule has 0 radical (unpaired) electrons. The van der Waals surface area contributed by atoms with Gasteiger partial charge in [0.05, 0.1) is 6.61 Å². The maximum atomic E-state index is 5.62. The molecule has 1 aromatic heterocycles. The van der Waals surface area contributed by atoms with Gasteiger partial charge in [-0.1, -0.05) is 11.6 Å². The Balaban J connectivity index is 1.49. The van der Waals surface area contributed by atoms with Crippen LogP contribution in [0.2, 0.25) is 0 Å². The van der Waals surface area contributed by atoms with Crippen molar-refractivity contribution in [1.82, 2.24) is 15.5 Å². The number of fused-ring (bicyclic) bond motifs is 1. The number of ether oxygens (including phenoxy) is 1. The van der Waals surface area contributed by atoms with E-state index in [1.54, 1.807) is 0 Å². The van der Waals surface area contributed by atoms with Gasteiger partial charge in [0.15, 0.2) is 0 Å². The molecule has 3 fully saturated rings. The number of morpholine rings is 1. The molecule has 2 heterocycles. The van der Waals surface area contributed by atoms with Gasteiger partial charge in [0.2, 0.25) is 11.7 Å². The van der Waals surface area contributed by atoms with Crippen LogP contribution in [0.4, 0.5) is 0 Å². The van der Waals surface area contributed by atoms with Gasteiger partial charge in [-0.25, -0.2) is 0 Å². The molecule has 3 unspecified atom stereocenters. The van der Waals surface area contributed by atoms with E-state index >= 15 is 0 Å². The quantitative estimate of drug-likeness (QED) is 0.835. The summed E-state index contributed by atoms with van der Waals surface area (Å²) in [4.78, 5) is 4.54. The molecule has 0 amide bonds. The average Bonchev–Trinajstić information content (AvgIpc) is 2.81. The van der Waals surface area contributed by atoms with Gasteiger partial charge in [-0.15, -0.1) is 0 Å². The van der Waals surface area contributed by atoms with Crippen molar-refractivity contribution in [3.8, 4) is 0 Å². The smallest absolute Gasteiger partial charge is 0.230 e. The minimum Gasteiger partial charge on any atom is -0.367 e. The molecule has 5 nitrogen and oxygen atoms in total. The largest absolute Gasteiger partial charge is 0.367 e. The standard InChI is InChI=1S/C12H17N3O2/c1-2-7-8(3-1)10(7)12-14-11(15-17-12)9-6-13-4-5-16-9/h7-10,13H,1-6H2. The first kappa shape index (κ1) is 10.0. The van der Waals surface area contributed by atoms with Crippen molar-refractivity contribution < 1.29 is 9.26 Å². The summed E-state index contributed by atoms with van der Waals surface area (Å²) in [7, 11) is 0. The Morgan fingerprint density at radius 2 is 2.12 bits per heavy atom. The molecule has 1 N–H and O–H groups in total. The molecule has 0 bridgehead atoms. The van der Waals surface area contributed by atoms with E-state index in [4.69, 9.17) is 9.26 Å². The lowest BCUT2D eigenvalue weighted by Crippen LogP contribution is -2.33. The van der Waals surface area contributed by atoms with Crippen LogP contribution in [0.1, 0.15) is 43.0 Å². The van der Waals surface area contributed by atoms with E-state index in [2.05, 4.69) is 15.5 Å². The zero-order valence-corrected chi connectivity index (χ0v) is 9.76. The number of nitrogens with one attached hydrogen (secondary N) is 1. The van der Waals surface area contributed by atoms with Gasteiger partial charge in [-0.2, -0.15) is 4.98 Å². The second kappa shape index (κ2) is 3.78. The van der Waals surface area contributed by atoms with Gasteiger partial charge < -0.3 is 14.6 Å². The molecule has 0 aromatic carbocycles. The van der Waals surface area contributed by atoms with Gasteiger partial charge in [-0.05, 0) is 24.7 Å². The molecule has 4 rings (SSSR count). The topological polar surface area (TPSA) is 60.2 Å². The van der Waals surface area contributed by atoms with Crippen molar-refractivity contribution in [3.63, 3.8) is 0 Å². The molecule has 2 aliphatic carbocycles. The van der Waals surface area contributed by atoms with Crippen LogP contribution in [-0.4, -0.2) is 29.8 Å². The first-order valence-electron chi connectivity index (χ1n) is 6.59. The van der Waals surface area contributed by atoms with E-state index in [1.807, 2.05) is 0 Å². The fourth-order valence-electron chi connectivity index (χ4n) is 3.43. The second-order valence-electron chi connectivity index (χ2n) is 5.34. The predicted molar refractivity (Wildman–Crippen MR) is 59.4 cm³/mol. The van der Waals surface area contributed by atoms with Crippen molar-refractivity contribution >= 4 is 0 Å². The van der Waals surface area contributed by atoms with E-state index in [-0.39, 0.29) is 6.10 Å². The second-order valence-corrected chi connectivity index (χ2v) is 5.34. The normalized spacial score (nSPS) is 40.2. The zero-order chi connectivity index (χ0) is 11.2. The van der Waals surface area contributed by atoms with Crippen molar-refractivity contribution in [2.24, 2.45) is 11.8 Å². The molecule has 3 aliphatic rings. The van der Waals surface area contributed by atoms with Gasteiger partial charge in [0.1, 0.15) is 6.10 Å². The van der Waals surface area contributed by atoms with E-state index in [0.717, 1.165) is 43.2 Å². The van der Waals surface area contributed by atoms with Gasteiger partial charge in [0.25, 0.3) is 0 Å². The molecule has 2 saturated carbocycles. The fourth-order valence-corrected chi connectivity index (χ4v) is 3.43. The summed E-state index contributed by atoms with van der Waals surface area (Å²) in [6, 6.07) is 0. The zero-order valence-electron chi connectivity index (χ0n) is 9.76. The van der Waals surface area contributed by atoms with E-state index in [9.17, 15) is 0 Å². The minimum absolute atomic E-state index is 0.0279. The third kappa shape index (κ3) is 1.60. The lowest BCUT2D eigenvalue weighted by Gasteiger charge is -2.20. The van der Waals surface area contributed by atoms with Crippen LogP contribution in [0.5, 0.6) is 0 Å². The van der Waals surface area contributed by atoms with Crippen LogP contribution in [0.3, 0.4) is 0 Å². The lowest BCUT2D eigenvalue weighted by molar-refractivity contribution is 0.0208. The summed E-state index contributed by atoms with van der Waals surface area (Å²) >= 11 is 0. The highest BCUT2D eigenvalue weighted by molar-refractivity contribution is 5.16. The maximum absolute atomic E-state index is 5.62. The summed E-state index contributed by atoms with van der Waals surface area (Å²) in [6.45, 7) is 2.42. The lowest BCUT2D eigenvalue weighted by atomic mass is 10.1. The minimum atomic E-state index is -0.0279. The van der Waals surface area contributed by atoms with Crippen LogP contribution in [0.25, 0.3) is 0 Å². The Morgan fingerprint density at radius 1 is 1.24 bits per heavy atom. The molecule has 3 atom stereocenters. The molecule has 92 valence electrons. The van der Waals surface area contributed by atoms with Crippen molar-refractivity contribution in [2.75, 3.05) is 19.7 Å².